The van der Waals surface area contributed by atoms with Crippen LogP contribution in [-0.2, 0) is 0 Å². The van der Waals surface area contributed by atoms with Crippen molar-refractivity contribution in [1.82, 2.24) is 4.90 Å². The fourth-order valence-corrected chi connectivity index (χ4v) is 3.48. The van der Waals surface area contributed by atoms with Crippen LogP contribution in [0.5, 0.6) is 5.75 Å². The SMILES string of the molecule is CCCC1CCN(C(c2ccccc2OC)C(C)N)C1. The van der Waals surface area contributed by atoms with Gasteiger partial charge in [-0.25, -0.2) is 0 Å². The van der Waals surface area contributed by atoms with E-state index >= 15 is 0 Å². The summed E-state index contributed by atoms with van der Waals surface area (Å²) in [5.41, 5.74) is 7.52. The van der Waals surface area contributed by atoms with Gasteiger partial charge in [-0.2, -0.15) is 0 Å². The Labute approximate surface area is 123 Å². The third-order valence-corrected chi connectivity index (χ3v) is 4.36. The number of hydrogen-bond donors (Lipinski definition) is 1. The molecule has 1 aromatic rings. The van der Waals surface area contributed by atoms with Crippen LogP contribution in [-0.4, -0.2) is 31.1 Å². The minimum absolute atomic E-state index is 0.103. The van der Waals surface area contributed by atoms with Crippen molar-refractivity contribution in [1.29, 1.82) is 0 Å². The molecule has 0 amide bonds. The lowest BCUT2D eigenvalue weighted by molar-refractivity contribution is 0.205. The van der Waals surface area contributed by atoms with Gasteiger partial charge in [0.1, 0.15) is 5.75 Å². The normalized spacial score (nSPS) is 22.7. The van der Waals surface area contributed by atoms with Gasteiger partial charge in [0.25, 0.3) is 0 Å². The molecule has 1 heterocycles. The lowest BCUT2D eigenvalue weighted by atomic mass is 9.98. The Hall–Kier alpha value is -1.06. The van der Waals surface area contributed by atoms with Crippen molar-refractivity contribution in [3.63, 3.8) is 0 Å². The van der Waals surface area contributed by atoms with Crippen LogP contribution in [0.2, 0.25) is 0 Å². The molecule has 2 rings (SSSR count). The number of ether oxygens (including phenoxy) is 1. The van der Waals surface area contributed by atoms with Crippen molar-refractivity contribution < 1.29 is 4.74 Å². The Morgan fingerprint density at radius 3 is 2.80 bits per heavy atom. The second-order valence-electron chi connectivity index (χ2n) is 5.98. The number of hydrogen-bond acceptors (Lipinski definition) is 3. The van der Waals surface area contributed by atoms with Gasteiger partial charge in [-0.3, -0.25) is 4.90 Å². The van der Waals surface area contributed by atoms with Crippen molar-refractivity contribution in [3.8, 4) is 5.75 Å². The first kappa shape index (κ1) is 15.3. The van der Waals surface area contributed by atoms with Crippen LogP contribution in [0.3, 0.4) is 0 Å². The number of methoxy groups -OCH3 is 1. The fraction of sp³-hybridized carbons (Fsp3) is 0.647. The highest BCUT2D eigenvalue weighted by Gasteiger charge is 2.32. The summed E-state index contributed by atoms with van der Waals surface area (Å²) in [7, 11) is 1.74. The van der Waals surface area contributed by atoms with E-state index in [9.17, 15) is 0 Å². The van der Waals surface area contributed by atoms with Gasteiger partial charge in [0.05, 0.1) is 13.2 Å². The van der Waals surface area contributed by atoms with Crippen LogP contribution in [0.15, 0.2) is 24.3 Å². The molecule has 0 aliphatic carbocycles. The van der Waals surface area contributed by atoms with Crippen LogP contribution in [0.1, 0.15) is 44.7 Å². The first-order valence-corrected chi connectivity index (χ1v) is 7.79. The molecule has 1 saturated heterocycles. The number of para-hydroxylation sites is 1. The monoisotopic (exact) mass is 276 g/mol. The highest BCUT2D eigenvalue weighted by molar-refractivity contribution is 5.36. The Morgan fingerprint density at radius 2 is 2.15 bits per heavy atom. The molecule has 3 unspecified atom stereocenters. The Bertz CT molecular complexity index is 419. The molecular formula is C17H28N2O. The second kappa shape index (κ2) is 7.09. The standard InChI is InChI=1S/C17H28N2O/c1-4-7-14-10-11-19(12-14)17(13(2)18)15-8-5-6-9-16(15)20-3/h5-6,8-9,13-14,17H,4,7,10-12,18H2,1-3H3. The highest BCUT2D eigenvalue weighted by atomic mass is 16.5. The summed E-state index contributed by atoms with van der Waals surface area (Å²) in [5, 5.41) is 0. The summed E-state index contributed by atoms with van der Waals surface area (Å²) >= 11 is 0. The summed E-state index contributed by atoms with van der Waals surface area (Å²) < 4.78 is 5.53. The molecule has 0 bridgehead atoms. The van der Waals surface area contributed by atoms with Crippen LogP contribution >= 0.6 is 0 Å². The number of benzene rings is 1. The van der Waals surface area contributed by atoms with E-state index in [2.05, 4.69) is 30.9 Å². The van der Waals surface area contributed by atoms with Crippen LogP contribution in [0, 0.1) is 5.92 Å². The molecule has 0 saturated carbocycles. The molecule has 3 heteroatoms. The van der Waals surface area contributed by atoms with E-state index in [4.69, 9.17) is 10.5 Å². The number of nitrogens with two attached hydrogens (primary N) is 1. The Balaban J connectivity index is 2.20. The first-order valence-electron chi connectivity index (χ1n) is 7.79. The van der Waals surface area contributed by atoms with Gasteiger partial charge in [0, 0.05) is 18.2 Å². The number of likely N-dealkylation sites (tertiary alicyclic amines) is 1. The number of nitrogens with zero attached hydrogens (tertiary/aromatic N) is 1. The molecule has 2 N–H and O–H groups in total. The van der Waals surface area contributed by atoms with Gasteiger partial charge in [-0.1, -0.05) is 31.5 Å². The molecule has 0 radical (unpaired) electrons. The average Bonchev–Trinajstić information content (AvgIpc) is 2.88. The topological polar surface area (TPSA) is 38.5 Å². The van der Waals surface area contributed by atoms with E-state index in [0.717, 1.165) is 24.8 Å². The maximum atomic E-state index is 6.29. The van der Waals surface area contributed by atoms with Gasteiger partial charge >= 0.3 is 0 Å². The Morgan fingerprint density at radius 1 is 1.40 bits per heavy atom. The predicted molar refractivity (Wildman–Crippen MR) is 84.0 cm³/mol. The molecule has 112 valence electrons. The molecule has 3 atom stereocenters. The van der Waals surface area contributed by atoms with E-state index in [1.165, 1.54) is 24.8 Å². The number of rotatable bonds is 6. The van der Waals surface area contributed by atoms with Crippen molar-refractivity contribution in [2.45, 2.75) is 45.2 Å². The van der Waals surface area contributed by atoms with Gasteiger partial charge in [-0.05, 0) is 38.3 Å². The molecule has 20 heavy (non-hydrogen) atoms. The summed E-state index contributed by atoms with van der Waals surface area (Å²) in [6.45, 7) is 6.68. The van der Waals surface area contributed by atoms with Gasteiger partial charge in [0.15, 0.2) is 0 Å². The first-order chi connectivity index (χ1) is 9.67. The zero-order valence-corrected chi connectivity index (χ0v) is 13.0. The quantitative estimate of drug-likeness (QED) is 0.867. The van der Waals surface area contributed by atoms with Crippen molar-refractivity contribution >= 4 is 0 Å². The largest absolute Gasteiger partial charge is 0.496 e. The zero-order valence-electron chi connectivity index (χ0n) is 13.0. The third-order valence-electron chi connectivity index (χ3n) is 4.36. The predicted octanol–water partition coefficient (Wildman–Crippen LogP) is 3.21. The van der Waals surface area contributed by atoms with Gasteiger partial charge in [0.2, 0.25) is 0 Å². The van der Waals surface area contributed by atoms with E-state index in [-0.39, 0.29) is 12.1 Å². The summed E-state index contributed by atoms with van der Waals surface area (Å²) in [6, 6.07) is 8.64. The molecule has 1 aromatic carbocycles. The molecule has 1 aliphatic rings. The van der Waals surface area contributed by atoms with Crippen molar-refractivity contribution in [2.24, 2.45) is 11.7 Å². The minimum atomic E-state index is 0.103. The van der Waals surface area contributed by atoms with Crippen LogP contribution in [0.4, 0.5) is 0 Å². The highest BCUT2D eigenvalue weighted by Crippen LogP contribution is 2.35. The van der Waals surface area contributed by atoms with Crippen molar-refractivity contribution in [2.75, 3.05) is 20.2 Å². The third kappa shape index (κ3) is 3.33. The maximum absolute atomic E-state index is 6.29. The molecule has 3 nitrogen and oxygen atoms in total. The van der Waals surface area contributed by atoms with E-state index in [1.54, 1.807) is 7.11 Å². The summed E-state index contributed by atoms with van der Waals surface area (Å²) in [5.74, 6) is 1.78. The minimum Gasteiger partial charge on any atom is -0.496 e. The lowest BCUT2D eigenvalue weighted by Crippen LogP contribution is -2.38. The van der Waals surface area contributed by atoms with Gasteiger partial charge in [-0.15, -0.1) is 0 Å². The average molecular weight is 276 g/mol. The molecule has 0 spiro atoms. The van der Waals surface area contributed by atoms with Gasteiger partial charge < -0.3 is 10.5 Å². The Kier molecular flexibility index (Phi) is 5.44. The molecule has 1 aliphatic heterocycles. The molecule has 1 fully saturated rings. The fourth-order valence-electron chi connectivity index (χ4n) is 3.48. The second-order valence-corrected chi connectivity index (χ2v) is 5.98. The maximum Gasteiger partial charge on any atom is 0.123 e. The van der Waals surface area contributed by atoms with Crippen LogP contribution < -0.4 is 10.5 Å². The van der Waals surface area contributed by atoms with E-state index in [0.29, 0.717) is 0 Å². The summed E-state index contributed by atoms with van der Waals surface area (Å²) in [4.78, 5) is 2.54. The molecule has 0 aromatic heterocycles. The van der Waals surface area contributed by atoms with Crippen molar-refractivity contribution in [3.05, 3.63) is 29.8 Å². The zero-order chi connectivity index (χ0) is 14.5. The lowest BCUT2D eigenvalue weighted by Gasteiger charge is -2.32. The summed E-state index contributed by atoms with van der Waals surface area (Å²) in [6.07, 6.45) is 3.90. The smallest absolute Gasteiger partial charge is 0.123 e. The molecular weight excluding hydrogens is 248 g/mol. The van der Waals surface area contributed by atoms with Crippen LogP contribution in [0.25, 0.3) is 0 Å². The van der Waals surface area contributed by atoms with E-state index < -0.39 is 0 Å². The van der Waals surface area contributed by atoms with E-state index in [1.807, 2.05) is 12.1 Å².